The van der Waals surface area contributed by atoms with Crippen LogP contribution in [0.25, 0.3) is 0 Å². The zero-order chi connectivity index (χ0) is 12.3. The van der Waals surface area contributed by atoms with Crippen LogP contribution < -0.4 is 5.32 Å². The van der Waals surface area contributed by atoms with Gasteiger partial charge in [-0.1, -0.05) is 39.3 Å². The number of nitrogens with zero attached hydrogens (tertiary/aromatic N) is 2. The Labute approximate surface area is 103 Å². The molecule has 1 heterocycles. The van der Waals surface area contributed by atoms with Crippen molar-refractivity contribution in [2.24, 2.45) is 5.41 Å². The van der Waals surface area contributed by atoms with Crippen molar-refractivity contribution in [3.8, 4) is 0 Å². The first kappa shape index (κ1) is 13.5. The molecule has 0 bridgehead atoms. The van der Waals surface area contributed by atoms with Gasteiger partial charge in [-0.15, -0.1) is 0 Å². The first-order chi connectivity index (χ1) is 7.32. The van der Waals surface area contributed by atoms with E-state index in [-0.39, 0.29) is 5.41 Å². The van der Waals surface area contributed by atoms with E-state index in [4.69, 9.17) is 11.6 Å². The van der Waals surface area contributed by atoms with Crippen molar-refractivity contribution in [3.63, 3.8) is 0 Å². The summed E-state index contributed by atoms with van der Waals surface area (Å²) >= 11 is 5.99. The standard InChI is InChI=1S/C12H22ClN3/c1-9(2)14-7-12(4,5)8-16-10(3)11(13)6-15-16/h6,9,14H,7-8H2,1-5H3. The lowest BCUT2D eigenvalue weighted by Crippen LogP contribution is -2.36. The highest BCUT2D eigenvalue weighted by Crippen LogP contribution is 2.21. The topological polar surface area (TPSA) is 29.9 Å². The molecule has 0 aliphatic heterocycles. The van der Waals surface area contributed by atoms with Crippen LogP contribution in [-0.2, 0) is 6.54 Å². The average Bonchev–Trinajstić information content (AvgIpc) is 2.46. The maximum absolute atomic E-state index is 5.99. The molecule has 1 rings (SSSR count). The number of hydrogen-bond donors (Lipinski definition) is 1. The lowest BCUT2D eigenvalue weighted by atomic mass is 9.93. The number of aromatic nitrogens is 2. The van der Waals surface area contributed by atoms with Gasteiger partial charge in [0.2, 0.25) is 0 Å². The molecule has 92 valence electrons. The number of halogens is 1. The Balaban J connectivity index is 2.61. The molecule has 0 aliphatic rings. The van der Waals surface area contributed by atoms with Gasteiger partial charge < -0.3 is 5.32 Å². The van der Waals surface area contributed by atoms with E-state index in [0.29, 0.717) is 6.04 Å². The molecule has 0 aromatic carbocycles. The van der Waals surface area contributed by atoms with Crippen molar-refractivity contribution < 1.29 is 0 Å². The Bertz CT molecular complexity index is 342. The second-order valence-electron chi connectivity index (χ2n) is 5.44. The van der Waals surface area contributed by atoms with Crippen LogP contribution in [0.5, 0.6) is 0 Å². The van der Waals surface area contributed by atoms with Crippen LogP contribution in [0.1, 0.15) is 33.4 Å². The van der Waals surface area contributed by atoms with Gasteiger partial charge in [0.1, 0.15) is 0 Å². The van der Waals surface area contributed by atoms with Crippen LogP contribution in [0.4, 0.5) is 0 Å². The molecule has 0 spiro atoms. The van der Waals surface area contributed by atoms with Crippen molar-refractivity contribution in [2.75, 3.05) is 6.54 Å². The van der Waals surface area contributed by atoms with E-state index in [2.05, 4.69) is 38.1 Å². The summed E-state index contributed by atoms with van der Waals surface area (Å²) in [5.41, 5.74) is 1.21. The van der Waals surface area contributed by atoms with Crippen molar-refractivity contribution in [2.45, 2.75) is 47.2 Å². The molecule has 1 aromatic rings. The monoisotopic (exact) mass is 243 g/mol. The van der Waals surface area contributed by atoms with Crippen LogP contribution in [0.15, 0.2) is 6.20 Å². The second kappa shape index (κ2) is 5.19. The Kier molecular flexibility index (Phi) is 4.39. The van der Waals surface area contributed by atoms with Crippen LogP contribution >= 0.6 is 11.6 Å². The Hall–Kier alpha value is -0.540. The fourth-order valence-electron chi connectivity index (χ4n) is 1.52. The van der Waals surface area contributed by atoms with Crippen LogP contribution in [0.3, 0.4) is 0 Å². The van der Waals surface area contributed by atoms with Gasteiger partial charge in [0.15, 0.2) is 0 Å². The predicted octanol–water partition coefficient (Wildman–Crippen LogP) is 2.87. The lowest BCUT2D eigenvalue weighted by Gasteiger charge is -2.26. The van der Waals surface area contributed by atoms with Crippen molar-refractivity contribution in [3.05, 3.63) is 16.9 Å². The normalized spacial score (nSPS) is 12.4. The molecule has 0 atom stereocenters. The van der Waals surface area contributed by atoms with Crippen LogP contribution in [0.2, 0.25) is 5.02 Å². The molecule has 0 fully saturated rings. The zero-order valence-corrected chi connectivity index (χ0v) is 11.6. The summed E-state index contributed by atoms with van der Waals surface area (Å²) in [7, 11) is 0. The van der Waals surface area contributed by atoms with Crippen LogP contribution in [0, 0.1) is 12.3 Å². The third kappa shape index (κ3) is 3.80. The van der Waals surface area contributed by atoms with E-state index in [0.717, 1.165) is 23.8 Å². The lowest BCUT2D eigenvalue weighted by molar-refractivity contribution is 0.266. The van der Waals surface area contributed by atoms with Gasteiger partial charge in [-0.3, -0.25) is 4.68 Å². The van der Waals surface area contributed by atoms with Crippen LogP contribution in [-0.4, -0.2) is 22.4 Å². The maximum Gasteiger partial charge on any atom is 0.0814 e. The van der Waals surface area contributed by atoms with E-state index < -0.39 is 0 Å². The minimum atomic E-state index is 0.171. The Morgan fingerprint density at radius 2 is 2.12 bits per heavy atom. The highest BCUT2D eigenvalue weighted by Gasteiger charge is 2.20. The third-order valence-corrected chi connectivity index (χ3v) is 2.98. The summed E-state index contributed by atoms with van der Waals surface area (Å²) in [5, 5.41) is 8.49. The highest BCUT2D eigenvalue weighted by molar-refractivity contribution is 6.31. The molecule has 1 N–H and O–H groups in total. The van der Waals surface area contributed by atoms with Gasteiger partial charge in [0.25, 0.3) is 0 Å². The Morgan fingerprint density at radius 1 is 1.50 bits per heavy atom. The van der Waals surface area contributed by atoms with Crippen molar-refractivity contribution >= 4 is 11.6 Å². The second-order valence-corrected chi connectivity index (χ2v) is 5.84. The fourth-order valence-corrected chi connectivity index (χ4v) is 1.67. The average molecular weight is 244 g/mol. The third-order valence-electron chi connectivity index (χ3n) is 2.61. The highest BCUT2D eigenvalue weighted by atomic mass is 35.5. The zero-order valence-electron chi connectivity index (χ0n) is 10.8. The largest absolute Gasteiger partial charge is 0.314 e. The predicted molar refractivity (Wildman–Crippen MR) is 68.9 cm³/mol. The molecule has 16 heavy (non-hydrogen) atoms. The quantitative estimate of drug-likeness (QED) is 0.862. The molecule has 0 radical (unpaired) electrons. The van der Waals surface area contributed by atoms with E-state index >= 15 is 0 Å². The van der Waals surface area contributed by atoms with Gasteiger partial charge in [0.05, 0.1) is 16.9 Å². The van der Waals surface area contributed by atoms with Crippen molar-refractivity contribution in [1.29, 1.82) is 0 Å². The SMILES string of the molecule is Cc1c(Cl)cnn1CC(C)(C)CNC(C)C. The minimum Gasteiger partial charge on any atom is -0.314 e. The first-order valence-electron chi connectivity index (χ1n) is 5.73. The summed E-state index contributed by atoms with van der Waals surface area (Å²) in [6.07, 6.45) is 1.71. The van der Waals surface area contributed by atoms with Gasteiger partial charge in [-0.05, 0) is 12.3 Å². The van der Waals surface area contributed by atoms with E-state index in [1.165, 1.54) is 0 Å². The summed E-state index contributed by atoms with van der Waals surface area (Å²) in [6.45, 7) is 12.6. The molecule has 0 amide bonds. The van der Waals surface area contributed by atoms with Gasteiger partial charge in [-0.25, -0.2) is 0 Å². The maximum atomic E-state index is 5.99. The first-order valence-corrected chi connectivity index (χ1v) is 6.11. The van der Waals surface area contributed by atoms with E-state index in [1.54, 1.807) is 6.20 Å². The molecule has 3 nitrogen and oxygen atoms in total. The van der Waals surface area contributed by atoms with Gasteiger partial charge >= 0.3 is 0 Å². The summed E-state index contributed by atoms with van der Waals surface area (Å²) in [4.78, 5) is 0. The fraction of sp³-hybridized carbons (Fsp3) is 0.750. The Morgan fingerprint density at radius 3 is 2.56 bits per heavy atom. The van der Waals surface area contributed by atoms with Gasteiger partial charge in [-0.2, -0.15) is 5.10 Å². The summed E-state index contributed by atoms with van der Waals surface area (Å²) in [5.74, 6) is 0. The molecule has 0 aliphatic carbocycles. The van der Waals surface area contributed by atoms with E-state index in [9.17, 15) is 0 Å². The molecular weight excluding hydrogens is 222 g/mol. The molecule has 0 saturated carbocycles. The molecule has 0 unspecified atom stereocenters. The number of rotatable bonds is 5. The molecule has 4 heteroatoms. The number of nitrogens with one attached hydrogen (secondary N) is 1. The van der Waals surface area contributed by atoms with E-state index in [1.807, 2.05) is 11.6 Å². The number of hydrogen-bond acceptors (Lipinski definition) is 2. The van der Waals surface area contributed by atoms with Crippen molar-refractivity contribution in [1.82, 2.24) is 15.1 Å². The summed E-state index contributed by atoms with van der Waals surface area (Å²) < 4.78 is 1.98. The summed E-state index contributed by atoms with van der Waals surface area (Å²) in [6, 6.07) is 0.515. The molecule has 1 aromatic heterocycles. The minimum absolute atomic E-state index is 0.171. The van der Waals surface area contributed by atoms with Gasteiger partial charge in [0, 0.05) is 19.1 Å². The molecular formula is C12H22ClN3. The smallest absolute Gasteiger partial charge is 0.0814 e. The molecule has 0 saturated heterocycles.